The average Bonchev–Trinajstić information content (AvgIpc) is 2.33. The van der Waals surface area contributed by atoms with Gasteiger partial charge in [0.1, 0.15) is 5.54 Å². The third-order valence-corrected chi connectivity index (χ3v) is 2.87. The Balaban J connectivity index is 4.50. The summed E-state index contributed by atoms with van der Waals surface area (Å²) in [6.45, 7) is 2.79. The minimum Gasteiger partial charge on any atom is -0.481 e. The molecular formula is C12H20N2O7. The smallest absolute Gasteiger partial charge is 0.329 e. The number of urea groups is 1. The van der Waals surface area contributed by atoms with Crippen molar-refractivity contribution in [2.75, 3.05) is 0 Å². The molecule has 0 rings (SSSR count). The SMILES string of the molecule is C[C@@H](CCC(=O)O)NC(=O)N[C@@](C)(CCC(=O)O)C(=O)O. The Labute approximate surface area is 121 Å². The molecule has 0 unspecified atom stereocenters. The lowest BCUT2D eigenvalue weighted by Gasteiger charge is -2.26. The van der Waals surface area contributed by atoms with Gasteiger partial charge in [-0.3, -0.25) is 9.59 Å². The third kappa shape index (κ3) is 7.75. The lowest BCUT2D eigenvalue weighted by atomic mass is 9.96. The first-order chi connectivity index (χ1) is 9.56. The van der Waals surface area contributed by atoms with Crippen LogP contribution in [0.2, 0.25) is 0 Å². The number of hydrogen-bond donors (Lipinski definition) is 5. The van der Waals surface area contributed by atoms with Gasteiger partial charge in [-0.2, -0.15) is 0 Å². The highest BCUT2D eigenvalue weighted by molar-refractivity contribution is 5.86. The molecule has 0 heterocycles. The first-order valence-electron chi connectivity index (χ1n) is 6.32. The first kappa shape index (κ1) is 18.7. The van der Waals surface area contributed by atoms with Gasteiger partial charge in [-0.05, 0) is 26.7 Å². The maximum Gasteiger partial charge on any atom is 0.329 e. The number of carboxylic acid groups (broad SMARTS) is 3. The standard InChI is InChI=1S/C12H20N2O7/c1-7(3-4-8(15)16)13-11(21)14-12(2,10(19)20)6-5-9(17)18/h7H,3-6H2,1-2H3,(H,15,16)(H,17,18)(H,19,20)(H2,13,14,21)/t7-,12-/m0/s1. The minimum atomic E-state index is -1.71. The number of aliphatic carboxylic acids is 3. The van der Waals surface area contributed by atoms with E-state index in [1.54, 1.807) is 6.92 Å². The largest absolute Gasteiger partial charge is 0.481 e. The molecule has 0 saturated carbocycles. The molecule has 5 N–H and O–H groups in total. The van der Waals surface area contributed by atoms with E-state index < -0.39 is 41.9 Å². The number of carbonyl (C=O) groups is 4. The van der Waals surface area contributed by atoms with E-state index in [2.05, 4.69) is 10.6 Å². The summed E-state index contributed by atoms with van der Waals surface area (Å²) in [5.74, 6) is -3.52. The maximum atomic E-state index is 11.7. The van der Waals surface area contributed by atoms with E-state index in [0.29, 0.717) is 0 Å². The highest BCUT2D eigenvalue weighted by atomic mass is 16.4. The Morgan fingerprint density at radius 1 is 1.05 bits per heavy atom. The van der Waals surface area contributed by atoms with E-state index in [4.69, 9.17) is 15.3 Å². The van der Waals surface area contributed by atoms with Crippen molar-refractivity contribution in [3.05, 3.63) is 0 Å². The zero-order chi connectivity index (χ0) is 16.6. The van der Waals surface area contributed by atoms with Crippen LogP contribution in [-0.2, 0) is 14.4 Å². The molecule has 0 radical (unpaired) electrons. The summed E-state index contributed by atoms with van der Waals surface area (Å²) in [5, 5.41) is 30.8. The van der Waals surface area contributed by atoms with Gasteiger partial charge in [-0.15, -0.1) is 0 Å². The third-order valence-electron chi connectivity index (χ3n) is 2.87. The van der Waals surface area contributed by atoms with Gasteiger partial charge in [0.25, 0.3) is 0 Å². The Morgan fingerprint density at radius 2 is 1.57 bits per heavy atom. The second-order valence-corrected chi connectivity index (χ2v) is 4.96. The van der Waals surface area contributed by atoms with E-state index in [-0.39, 0.29) is 19.3 Å². The number of amides is 2. The highest BCUT2D eigenvalue weighted by Gasteiger charge is 2.35. The fraction of sp³-hybridized carbons (Fsp3) is 0.667. The van der Waals surface area contributed by atoms with Crippen LogP contribution in [0.4, 0.5) is 4.79 Å². The number of hydrogen-bond acceptors (Lipinski definition) is 4. The van der Waals surface area contributed by atoms with Crippen LogP contribution in [0.25, 0.3) is 0 Å². The van der Waals surface area contributed by atoms with Gasteiger partial charge in [-0.25, -0.2) is 9.59 Å². The number of carboxylic acids is 3. The van der Waals surface area contributed by atoms with Crippen molar-refractivity contribution in [2.45, 2.75) is 51.1 Å². The predicted molar refractivity (Wildman–Crippen MR) is 70.9 cm³/mol. The molecule has 0 aromatic heterocycles. The number of rotatable bonds is 9. The van der Waals surface area contributed by atoms with E-state index in [9.17, 15) is 19.2 Å². The molecule has 0 spiro atoms. The van der Waals surface area contributed by atoms with Crippen LogP contribution in [0.15, 0.2) is 0 Å². The summed E-state index contributed by atoms with van der Waals surface area (Å²) in [7, 11) is 0. The van der Waals surface area contributed by atoms with E-state index in [0.717, 1.165) is 0 Å². The van der Waals surface area contributed by atoms with Crippen molar-refractivity contribution in [3.8, 4) is 0 Å². The quantitative estimate of drug-likeness (QED) is 0.409. The normalized spacial score (nSPS) is 14.6. The van der Waals surface area contributed by atoms with Crippen molar-refractivity contribution in [1.29, 1.82) is 0 Å². The fourth-order valence-electron chi connectivity index (χ4n) is 1.50. The van der Waals surface area contributed by atoms with Crippen LogP contribution in [0.3, 0.4) is 0 Å². The van der Waals surface area contributed by atoms with Crippen LogP contribution in [0.5, 0.6) is 0 Å². The van der Waals surface area contributed by atoms with E-state index in [1.165, 1.54) is 6.92 Å². The Morgan fingerprint density at radius 3 is 2.00 bits per heavy atom. The van der Waals surface area contributed by atoms with Crippen LogP contribution < -0.4 is 10.6 Å². The Hall–Kier alpha value is -2.32. The average molecular weight is 304 g/mol. The molecule has 120 valence electrons. The molecule has 0 aliphatic rings. The number of carbonyl (C=O) groups excluding carboxylic acids is 1. The first-order valence-corrected chi connectivity index (χ1v) is 6.32. The van der Waals surface area contributed by atoms with Crippen LogP contribution in [0, 0.1) is 0 Å². The predicted octanol–water partition coefficient (Wildman–Crippen LogP) is 0.247. The van der Waals surface area contributed by atoms with Gasteiger partial charge in [0.15, 0.2) is 0 Å². The van der Waals surface area contributed by atoms with Crippen molar-refractivity contribution < 1.29 is 34.5 Å². The van der Waals surface area contributed by atoms with Crippen molar-refractivity contribution in [3.63, 3.8) is 0 Å². The van der Waals surface area contributed by atoms with E-state index in [1.807, 2.05) is 0 Å². The zero-order valence-corrected chi connectivity index (χ0v) is 11.9. The lowest BCUT2D eigenvalue weighted by Crippen LogP contribution is -2.56. The fourth-order valence-corrected chi connectivity index (χ4v) is 1.50. The van der Waals surface area contributed by atoms with E-state index >= 15 is 0 Å². The molecular weight excluding hydrogens is 284 g/mol. The monoisotopic (exact) mass is 304 g/mol. The second-order valence-electron chi connectivity index (χ2n) is 4.96. The summed E-state index contributed by atoms with van der Waals surface area (Å²) < 4.78 is 0. The summed E-state index contributed by atoms with van der Waals surface area (Å²) in [4.78, 5) is 43.7. The molecule has 0 aromatic carbocycles. The molecule has 2 amide bonds. The summed E-state index contributed by atoms with van der Waals surface area (Å²) in [5.41, 5.74) is -1.71. The molecule has 21 heavy (non-hydrogen) atoms. The van der Waals surface area contributed by atoms with Crippen molar-refractivity contribution in [1.82, 2.24) is 10.6 Å². The van der Waals surface area contributed by atoms with Gasteiger partial charge in [0, 0.05) is 18.9 Å². The van der Waals surface area contributed by atoms with Crippen LogP contribution in [0.1, 0.15) is 39.5 Å². The lowest BCUT2D eigenvalue weighted by molar-refractivity contribution is -0.145. The van der Waals surface area contributed by atoms with Crippen LogP contribution in [-0.4, -0.2) is 50.8 Å². The van der Waals surface area contributed by atoms with Gasteiger partial charge in [0.05, 0.1) is 0 Å². The van der Waals surface area contributed by atoms with Crippen molar-refractivity contribution >= 4 is 23.9 Å². The molecule has 0 bridgehead atoms. The summed E-state index contributed by atoms with van der Waals surface area (Å²) in [6, 6.07) is -1.25. The minimum absolute atomic E-state index is 0.128. The Bertz CT molecular complexity index is 424. The van der Waals surface area contributed by atoms with Gasteiger partial charge in [-0.1, -0.05) is 0 Å². The molecule has 9 nitrogen and oxygen atoms in total. The molecule has 2 atom stereocenters. The molecule has 0 saturated heterocycles. The highest BCUT2D eigenvalue weighted by Crippen LogP contribution is 2.13. The van der Waals surface area contributed by atoms with Gasteiger partial charge in [0.2, 0.25) is 0 Å². The number of nitrogens with one attached hydrogen (secondary N) is 2. The topological polar surface area (TPSA) is 153 Å². The Kier molecular flexibility index (Phi) is 7.18. The van der Waals surface area contributed by atoms with Gasteiger partial charge < -0.3 is 26.0 Å². The molecule has 9 heteroatoms. The van der Waals surface area contributed by atoms with Crippen molar-refractivity contribution in [2.24, 2.45) is 0 Å². The molecule has 0 aromatic rings. The maximum absolute atomic E-state index is 11.7. The zero-order valence-electron chi connectivity index (χ0n) is 11.9. The molecule has 0 aliphatic carbocycles. The molecule has 0 aliphatic heterocycles. The molecule has 0 fully saturated rings. The summed E-state index contributed by atoms with van der Waals surface area (Å²) >= 11 is 0. The van der Waals surface area contributed by atoms with Crippen LogP contribution >= 0.6 is 0 Å². The second kappa shape index (κ2) is 8.08. The summed E-state index contributed by atoms with van der Waals surface area (Å²) in [6.07, 6.45) is -0.607. The van der Waals surface area contributed by atoms with Gasteiger partial charge >= 0.3 is 23.9 Å².